The van der Waals surface area contributed by atoms with Crippen LogP contribution in [0.15, 0.2) is 48.5 Å². The van der Waals surface area contributed by atoms with Gasteiger partial charge in [0.25, 0.3) is 5.91 Å². The van der Waals surface area contributed by atoms with Crippen LogP contribution in [0.5, 0.6) is 5.75 Å². The Hall–Kier alpha value is -2.82. The lowest BCUT2D eigenvalue weighted by atomic mass is 9.85. The normalized spacial score (nSPS) is 22.0. The van der Waals surface area contributed by atoms with E-state index in [1.165, 1.54) is 0 Å². The number of hydrogen-bond acceptors (Lipinski definition) is 3. The van der Waals surface area contributed by atoms with Gasteiger partial charge in [-0.25, -0.2) is 0 Å². The minimum absolute atomic E-state index is 0.0484. The Morgan fingerprint density at radius 1 is 1.00 bits per heavy atom. The molecule has 0 aliphatic carbocycles. The van der Waals surface area contributed by atoms with Crippen LogP contribution in [-0.2, 0) is 4.79 Å². The second kappa shape index (κ2) is 7.30. The highest BCUT2D eigenvalue weighted by Crippen LogP contribution is 2.39. The number of amides is 2. The average Bonchev–Trinajstić information content (AvgIpc) is 3.16. The van der Waals surface area contributed by atoms with Gasteiger partial charge >= 0.3 is 0 Å². The standard InChI is InChI=1S/C23H26N2O3/c1-24-15-5-13-23(22(24)27)14-6-16-25(23)21(26)18-11-9-17(10-12-18)19-7-3-4-8-20(19)28-2/h3-4,7-12H,5-6,13-16H2,1-2H3. The minimum Gasteiger partial charge on any atom is -0.496 e. The topological polar surface area (TPSA) is 49.9 Å². The number of hydrogen-bond donors (Lipinski definition) is 0. The molecule has 2 aromatic rings. The second-order valence-electron chi connectivity index (χ2n) is 7.70. The number of rotatable bonds is 3. The van der Waals surface area contributed by atoms with Crippen molar-refractivity contribution < 1.29 is 14.3 Å². The highest BCUT2D eigenvalue weighted by atomic mass is 16.5. The Kier molecular flexibility index (Phi) is 4.84. The predicted octanol–water partition coefficient (Wildman–Crippen LogP) is 3.59. The van der Waals surface area contributed by atoms with Crippen LogP contribution in [-0.4, -0.2) is 54.4 Å². The van der Waals surface area contributed by atoms with Gasteiger partial charge in [0.2, 0.25) is 5.91 Å². The monoisotopic (exact) mass is 378 g/mol. The van der Waals surface area contributed by atoms with Crippen molar-refractivity contribution in [2.45, 2.75) is 31.2 Å². The molecule has 2 amide bonds. The molecule has 5 nitrogen and oxygen atoms in total. The van der Waals surface area contributed by atoms with Crippen LogP contribution in [0.2, 0.25) is 0 Å². The molecule has 2 saturated heterocycles. The van der Waals surface area contributed by atoms with E-state index >= 15 is 0 Å². The highest BCUT2D eigenvalue weighted by molar-refractivity contribution is 6.00. The lowest BCUT2D eigenvalue weighted by Crippen LogP contribution is -2.60. The first-order valence-corrected chi connectivity index (χ1v) is 9.88. The number of ether oxygens (including phenoxy) is 1. The maximum Gasteiger partial charge on any atom is 0.254 e. The molecule has 0 bridgehead atoms. The highest BCUT2D eigenvalue weighted by Gasteiger charge is 2.52. The van der Waals surface area contributed by atoms with Crippen LogP contribution < -0.4 is 4.74 Å². The first-order chi connectivity index (χ1) is 13.6. The number of nitrogens with zero attached hydrogens (tertiary/aromatic N) is 2. The van der Waals surface area contributed by atoms with Gasteiger partial charge in [-0.3, -0.25) is 9.59 Å². The van der Waals surface area contributed by atoms with Crippen molar-refractivity contribution >= 4 is 11.8 Å². The zero-order valence-corrected chi connectivity index (χ0v) is 16.5. The van der Waals surface area contributed by atoms with Gasteiger partial charge in [-0.15, -0.1) is 0 Å². The third kappa shape index (κ3) is 2.95. The molecule has 2 aliphatic rings. The minimum atomic E-state index is -0.647. The van der Waals surface area contributed by atoms with Crippen molar-refractivity contribution in [1.82, 2.24) is 9.80 Å². The fourth-order valence-electron chi connectivity index (χ4n) is 4.66. The van der Waals surface area contributed by atoms with E-state index in [1.807, 2.05) is 60.5 Å². The van der Waals surface area contributed by atoms with Gasteiger partial charge in [-0.2, -0.15) is 0 Å². The molecule has 5 heteroatoms. The fourth-order valence-corrected chi connectivity index (χ4v) is 4.66. The summed E-state index contributed by atoms with van der Waals surface area (Å²) >= 11 is 0. The molecule has 1 spiro atoms. The molecule has 2 aromatic carbocycles. The molecule has 146 valence electrons. The number of piperidine rings is 1. The summed E-state index contributed by atoms with van der Waals surface area (Å²) in [5.74, 6) is 0.846. The average molecular weight is 378 g/mol. The van der Waals surface area contributed by atoms with E-state index in [0.29, 0.717) is 12.1 Å². The molecule has 2 heterocycles. The smallest absolute Gasteiger partial charge is 0.254 e. The summed E-state index contributed by atoms with van der Waals surface area (Å²) in [6.07, 6.45) is 3.35. The van der Waals surface area contributed by atoms with Crippen LogP contribution in [0.1, 0.15) is 36.0 Å². The summed E-state index contributed by atoms with van der Waals surface area (Å²) in [6.45, 7) is 1.42. The van der Waals surface area contributed by atoms with E-state index in [9.17, 15) is 9.59 Å². The zero-order chi connectivity index (χ0) is 19.7. The number of carbonyl (C=O) groups excluding carboxylic acids is 2. The van der Waals surface area contributed by atoms with Crippen molar-refractivity contribution in [3.63, 3.8) is 0 Å². The summed E-state index contributed by atoms with van der Waals surface area (Å²) in [4.78, 5) is 29.8. The number of carbonyl (C=O) groups is 2. The summed E-state index contributed by atoms with van der Waals surface area (Å²) in [5, 5.41) is 0. The van der Waals surface area contributed by atoms with Gasteiger partial charge in [-0.05, 0) is 49.4 Å². The molecule has 0 saturated carbocycles. The van der Waals surface area contributed by atoms with E-state index in [2.05, 4.69) is 0 Å². The molecule has 1 unspecified atom stereocenters. The SMILES string of the molecule is COc1ccccc1-c1ccc(C(=O)N2CCCC23CCCN(C)C3=O)cc1. The Morgan fingerprint density at radius 3 is 2.39 bits per heavy atom. The van der Waals surface area contributed by atoms with Gasteiger partial charge < -0.3 is 14.5 Å². The van der Waals surface area contributed by atoms with Crippen LogP contribution in [0.4, 0.5) is 0 Å². The van der Waals surface area contributed by atoms with Crippen molar-refractivity contribution in [1.29, 1.82) is 0 Å². The molecule has 0 radical (unpaired) electrons. The molecule has 0 aromatic heterocycles. The van der Waals surface area contributed by atoms with Crippen molar-refractivity contribution in [3.8, 4) is 16.9 Å². The molecular weight excluding hydrogens is 352 g/mol. The van der Waals surface area contributed by atoms with Gasteiger partial charge in [0.05, 0.1) is 7.11 Å². The quantitative estimate of drug-likeness (QED) is 0.820. The summed E-state index contributed by atoms with van der Waals surface area (Å²) < 4.78 is 5.44. The molecule has 1 atom stereocenters. The second-order valence-corrected chi connectivity index (χ2v) is 7.70. The number of methoxy groups -OCH3 is 1. The van der Waals surface area contributed by atoms with E-state index in [1.54, 1.807) is 12.0 Å². The first kappa shape index (κ1) is 18.5. The van der Waals surface area contributed by atoms with Gasteiger partial charge in [0, 0.05) is 31.3 Å². The molecule has 4 rings (SSSR count). The largest absolute Gasteiger partial charge is 0.496 e. The van der Waals surface area contributed by atoms with E-state index in [4.69, 9.17) is 4.74 Å². The summed E-state index contributed by atoms with van der Waals surface area (Å²) in [6, 6.07) is 15.4. The first-order valence-electron chi connectivity index (χ1n) is 9.88. The van der Waals surface area contributed by atoms with Crippen molar-refractivity contribution in [3.05, 3.63) is 54.1 Å². The molecule has 2 aliphatic heterocycles. The molecular formula is C23H26N2O3. The van der Waals surface area contributed by atoms with Crippen molar-refractivity contribution in [2.75, 3.05) is 27.2 Å². The van der Waals surface area contributed by atoms with Gasteiger partial charge in [-0.1, -0.05) is 30.3 Å². The number of para-hydroxylation sites is 1. The lowest BCUT2D eigenvalue weighted by molar-refractivity contribution is -0.144. The van der Waals surface area contributed by atoms with Crippen LogP contribution >= 0.6 is 0 Å². The zero-order valence-electron chi connectivity index (χ0n) is 16.5. The number of likely N-dealkylation sites (N-methyl/N-ethyl adjacent to an activating group) is 1. The van der Waals surface area contributed by atoms with Crippen LogP contribution in [0.3, 0.4) is 0 Å². The number of likely N-dealkylation sites (tertiary alicyclic amines) is 2. The molecule has 28 heavy (non-hydrogen) atoms. The Balaban J connectivity index is 1.61. The fraction of sp³-hybridized carbons (Fsp3) is 0.391. The van der Waals surface area contributed by atoms with Crippen molar-refractivity contribution in [2.24, 2.45) is 0 Å². The summed E-state index contributed by atoms with van der Waals surface area (Å²) in [7, 11) is 3.49. The summed E-state index contributed by atoms with van der Waals surface area (Å²) in [5.41, 5.74) is 1.97. The van der Waals surface area contributed by atoms with Gasteiger partial charge in [0.15, 0.2) is 0 Å². The maximum absolute atomic E-state index is 13.3. The van der Waals surface area contributed by atoms with Gasteiger partial charge in [0.1, 0.15) is 11.3 Å². The Morgan fingerprint density at radius 2 is 1.68 bits per heavy atom. The third-order valence-corrected chi connectivity index (χ3v) is 6.11. The maximum atomic E-state index is 13.3. The molecule has 2 fully saturated rings. The predicted molar refractivity (Wildman–Crippen MR) is 108 cm³/mol. The Labute approximate surface area is 165 Å². The Bertz CT molecular complexity index is 893. The lowest BCUT2D eigenvalue weighted by Gasteiger charge is -2.43. The van der Waals surface area contributed by atoms with Crippen LogP contribution in [0.25, 0.3) is 11.1 Å². The number of benzene rings is 2. The van der Waals surface area contributed by atoms with E-state index in [-0.39, 0.29) is 11.8 Å². The van der Waals surface area contributed by atoms with E-state index < -0.39 is 5.54 Å². The van der Waals surface area contributed by atoms with E-state index in [0.717, 1.165) is 49.1 Å². The third-order valence-electron chi connectivity index (χ3n) is 6.11. The molecule has 0 N–H and O–H groups in total. The van der Waals surface area contributed by atoms with Crippen LogP contribution in [0, 0.1) is 0 Å².